The Bertz CT molecular complexity index is 881. The van der Waals surface area contributed by atoms with E-state index in [1.807, 2.05) is 28.3 Å². The van der Waals surface area contributed by atoms with E-state index < -0.39 is 17.6 Å². The molecule has 0 spiro atoms. The van der Waals surface area contributed by atoms with Crippen molar-refractivity contribution in [2.45, 2.75) is 12.7 Å². The van der Waals surface area contributed by atoms with Gasteiger partial charge in [-0.3, -0.25) is 19.4 Å². The lowest BCUT2D eigenvalue weighted by Crippen LogP contribution is -2.52. The minimum atomic E-state index is -4.54. The predicted octanol–water partition coefficient (Wildman–Crippen LogP) is 2.98. The molecule has 3 rings (SSSR count). The Labute approximate surface area is 183 Å². The number of anilines is 1. The molecule has 2 amide bonds. The SMILES string of the molecule is CN(CC(=O)N1CCN(CC(=O)Nc2ccccc2C(F)(F)F)CC1)Cc1ccsc1. The van der Waals surface area contributed by atoms with Crippen LogP contribution in [-0.2, 0) is 22.3 Å². The summed E-state index contributed by atoms with van der Waals surface area (Å²) in [7, 11) is 1.90. The van der Waals surface area contributed by atoms with Gasteiger partial charge in [0.2, 0.25) is 11.8 Å². The largest absolute Gasteiger partial charge is 0.418 e. The van der Waals surface area contributed by atoms with Crippen molar-refractivity contribution in [1.29, 1.82) is 0 Å². The molecular weight excluding hydrogens is 429 g/mol. The molecule has 10 heteroatoms. The Morgan fingerprint density at radius 1 is 1.13 bits per heavy atom. The molecule has 1 aromatic carbocycles. The molecule has 1 saturated heterocycles. The van der Waals surface area contributed by atoms with E-state index in [0.717, 1.165) is 6.07 Å². The number of alkyl halides is 3. The van der Waals surface area contributed by atoms with Crippen LogP contribution in [0.2, 0.25) is 0 Å². The van der Waals surface area contributed by atoms with E-state index >= 15 is 0 Å². The molecular formula is C21H25F3N4O2S. The summed E-state index contributed by atoms with van der Waals surface area (Å²) in [5.41, 5.74) is 0.0519. The molecule has 1 aliphatic heterocycles. The number of benzene rings is 1. The summed E-state index contributed by atoms with van der Waals surface area (Å²) < 4.78 is 39.2. The van der Waals surface area contributed by atoms with Crippen LogP contribution < -0.4 is 5.32 Å². The van der Waals surface area contributed by atoms with Gasteiger partial charge in [0.15, 0.2) is 0 Å². The Balaban J connectivity index is 1.44. The highest BCUT2D eigenvalue weighted by molar-refractivity contribution is 7.07. The van der Waals surface area contributed by atoms with Crippen LogP contribution in [0.25, 0.3) is 0 Å². The van der Waals surface area contributed by atoms with Crippen molar-refractivity contribution in [3.8, 4) is 0 Å². The third-order valence-electron chi connectivity index (χ3n) is 5.04. The topological polar surface area (TPSA) is 55.9 Å². The number of carbonyl (C=O) groups excluding carboxylic acids is 2. The highest BCUT2D eigenvalue weighted by atomic mass is 32.1. The summed E-state index contributed by atoms with van der Waals surface area (Å²) in [6.07, 6.45) is -4.54. The molecule has 1 aromatic heterocycles. The van der Waals surface area contributed by atoms with Gasteiger partial charge in [-0.2, -0.15) is 24.5 Å². The van der Waals surface area contributed by atoms with Crippen molar-refractivity contribution < 1.29 is 22.8 Å². The number of nitrogens with zero attached hydrogens (tertiary/aromatic N) is 3. The van der Waals surface area contributed by atoms with E-state index in [9.17, 15) is 22.8 Å². The van der Waals surface area contributed by atoms with Gasteiger partial charge in [-0.1, -0.05) is 12.1 Å². The number of hydrogen-bond donors (Lipinski definition) is 1. The summed E-state index contributed by atoms with van der Waals surface area (Å²) in [4.78, 5) is 30.3. The summed E-state index contributed by atoms with van der Waals surface area (Å²) >= 11 is 1.62. The standard InChI is InChI=1S/C21H25F3N4O2S/c1-26(12-16-6-11-31-15-16)14-20(30)28-9-7-27(8-10-28)13-19(29)25-18-5-3-2-4-17(18)21(22,23)24/h2-6,11,15H,7-10,12-14H2,1H3,(H,25,29). The van der Waals surface area contributed by atoms with Gasteiger partial charge in [-0.25, -0.2) is 0 Å². The van der Waals surface area contributed by atoms with Crippen LogP contribution in [-0.4, -0.2) is 72.8 Å². The van der Waals surface area contributed by atoms with Crippen molar-refractivity contribution in [3.63, 3.8) is 0 Å². The molecule has 2 aromatic rings. The fourth-order valence-corrected chi connectivity index (χ4v) is 4.13. The summed E-state index contributed by atoms with van der Waals surface area (Å²) in [6.45, 7) is 2.95. The maximum Gasteiger partial charge on any atom is 0.418 e. The molecule has 0 saturated carbocycles. The molecule has 0 radical (unpaired) electrons. The zero-order valence-electron chi connectivity index (χ0n) is 17.2. The third-order valence-corrected chi connectivity index (χ3v) is 5.77. The first kappa shape index (κ1) is 23.2. The van der Waals surface area contributed by atoms with Gasteiger partial charge < -0.3 is 10.2 Å². The predicted molar refractivity (Wildman–Crippen MR) is 114 cm³/mol. The molecule has 0 bridgehead atoms. The zero-order chi connectivity index (χ0) is 22.4. The molecule has 0 aliphatic carbocycles. The van der Waals surface area contributed by atoms with E-state index in [2.05, 4.69) is 10.7 Å². The van der Waals surface area contributed by atoms with Gasteiger partial charge in [0.1, 0.15) is 0 Å². The molecule has 0 unspecified atom stereocenters. The Morgan fingerprint density at radius 3 is 2.48 bits per heavy atom. The number of rotatable bonds is 7. The fourth-order valence-electron chi connectivity index (χ4n) is 3.47. The maximum atomic E-state index is 13.1. The van der Waals surface area contributed by atoms with Crippen molar-refractivity contribution in [3.05, 3.63) is 52.2 Å². The number of amides is 2. The highest BCUT2D eigenvalue weighted by Crippen LogP contribution is 2.34. The first-order valence-corrected chi connectivity index (χ1v) is 10.8. The van der Waals surface area contributed by atoms with Gasteiger partial charge >= 0.3 is 6.18 Å². The van der Waals surface area contributed by atoms with Crippen molar-refractivity contribution in [2.75, 3.05) is 51.6 Å². The molecule has 168 valence electrons. The van der Waals surface area contributed by atoms with Crippen LogP contribution in [0, 0.1) is 0 Å². The lowest BCUT2D eigenvalue weighted by Gasteiger charge is -2.35. The van der Waals surface area contributed by atoms with Crippen molar-refractivity contribution in [2.24, 2.45) is 0 Å². The van der Waals surface area contributed by atoms with Gasteiger partial charge in [0.05, 0.1) is 24.3 Å². The highest BCUT2D eigenvalue weighted by Gasteiger charge is 2.33. The number of hydrogen-bond acceptors (Lipinski definition) is 5. The van der Waals surface area contributed by atoms with E-state index in [1.165, 1.54) is 23.8 Å². The minimum Gasteiger partial charge on any atom is -0.339 e. The first-order valence-electron chi connectivity index (χ1n) is 9.88. The van der Waals surface area contributed by atoms with Gasteiger partial charge in [0.25, 0.3) is 0 Å². The average molecular weight is 455 g/mol. The Morgan fingerprint density at radius 2 is 1.84 bits per heavy atom. The molecule has 1 N–H and O–H groups in total. The third kappa shape index (κ3) is 6.78. The summed E-state index contributed by atoms with van der Waals surface area (Å²) in [6, 6.07) is 6.94. The number of likely N-dealkylation sites (N-methyl/N-ethyl adjacent to an activating group) is 1. The molecule has 31 heavy (non-hydrogen) atoms. The first-order chi connectivity index (χ1) is 14.7. The van der Waals surface area contributed by atoms with Crippen LogP contribution in [0.3, 0.4) is 0 Å². The molecule has 1 aliphatic rings. The summed E-state index contributed by atoms with van der Waals surface area (Å²) in [5.74, 6) is -0.479. The van der Waals surface area contributed by atoms with Gasteiger partial charge in [-0.05, 0) is 41.6 Å². The van der Waals surface area contributed by atoms with Gasteiger partial charge in [0, 0.05) is 32.7 Å². The average Bonchev–Trinajstić information content (AvgIpc) is 3.20. The van der Waals surface area contributed by atoms with E-state index in [1.54, 1.807) is 16.2 Å². The summed E-state index contributed by atoms with van der Waals surface area (Å²) in [5, 5.41) is 6.41. The minimum absolute atomic E-state index is 0.0215. The lowest BCUT2D eigenvalue weighted by molar-refractivity contribution is -0.137. The van der Waals surface area contributed by atoms with Crippen LogP contribution in [0.5, 0.6) is 0 Å². The normalized spacial score (nSPS) is 15.3. The second kappa shape index (κ2) is 10.3. The number of carbonyl (C=O) groups is 2. The molecule has 1 fully saturated rings. The number of nitrogens with one attached hydrogen (secondary N) is 1. The second-order valence-electron chi connectivity index (χ2n) is 7.55. The Hall–Kier alpha value is -2.43. The van der Waals surface area contributed by atoms with Crippen LogP contribution in [0.1, 0.15) is 11.1 Å². The maximum absolute atomic E-state index is 13.1. The van der Waals surface area contributed by atoms with Crippen molar-refractivity contribution >= 4 is 28.8 Å². The fraction of sp³-hybridized carbons (Fsp3) is 0.429. The lowest BCUT2D eigenvalue weighted by atomic mass is 10.1. The zero-order valence-corrected chi connectivity index (χ0v) is 18.0. The van der Waals surface area contributed by atoms with E-state index in [-0.39, 0.29) is 18.1 Å². The molecule has 6 nitrogen and oxygen atoms in total. The van der Waals surface area contributed by atoms with Crippen molar-refractivity contribution in [1.82, 2.24) is 14.7 Å². The number of thiophene rings is 1. The number of para-hydroxylation sites is 1. The smallest absolute Gasteiger partial charge is 0.339 e. The Kier molecular flexibility index (Phi) is 7.69. The van der Waals surface area contributed by atoms with Crippen LogP contribution in [0.4, 0.5) is 18.9 Å². The van der Waals surface area contributed by atoms with E-state index in [4.69, 9.17) is 0 Å². The number of piperazine rings is 1. The van der Waals surface area contributed by atoms with Crippen LogP contribution in [0.15, 0.2) is 41.1 Å². The monoisotopic (exact) mass is 454 g/mol. The molecule has 0 atom stereocenters. The molecule has 2 heterocycles. The van der Waals surface area contributed by atoms with Crippen LogP contribution >= 0.6 is 11.3 Å². The number of halogens is 3. The second-order valence-corrected chi connectivity index (χ2v) is 8.33. The van der Waals surface area contributed by atoms with E-state index in [0.29, 0.717) is 39.3 Å². The quantitative estimate of drug-likeness (QED) is 0.699. The van der Waals surface area contributed by atoms with Gasteiger partial charge in [-0.15, -0.1) is 0 Å².